The first-order chi connectivity index (χ1) is 9.74. The molecule has 0 atom stereocenters. The molecule has 1 fully saturated rings. The highest BCUT2D eigenvalue weighted by Gasteiger charge is 2.23. The summed E-state index contributed by atoms with van der Waals surface area (Å²) in [6.07, 6.45) is 1.53. The fourth-order valence-corrected chi connectivity index (χ4v) is 2.35. The maximum Gasteiger partial charge on any atom is 0.257 e. The summed E-state index contributed by atoms with van der Waals surface area (Å²) in [6, 6.07) is 4.95. The highest BCUT2D eigenvalue weighted by Crippen LogP contribution is 2.13. The predicted molar refractivity (Wildman–Crippen MR) is 72.0 cm³/mol. The van der Waals surface area contributed by atoms with Gasteiger partial charge in [-0.15, -0.1) is 0 Å². The predicted octanol–water partition coefficient (Wildman–Crippen LogP) is 0.214. The molecule has 3 N–H and O–H groups in total. The Morgan fingerprint density at radius 2 is 1.90 bits per heavy atom. The molecule has 0 bridgehead atoms. The third-order valence-corrected chi connectivity index (χ3v) is 3.53. The summed E-state index contributed by atoms with van der Waals surface area (Å²) in [5.74, 6) is -0.675. The number of aromatic amines is 1. The van der Waals surface area contributed by atoms with Gasteiger partial charge in [-0.3, -0.25) is 14.9 Å². The van der Waals surface area contributed by atoms with Gasteiger partial charge in [-0.05, 0) is 44.1 Å². The van der Waals surface area contributed by atoms with Gasteiger partial charge in [0, 0.05) is 11.5 Å². The number of hydrogen-bond donors (Lipinski definition) is 3. The highest BCUT2D eigenvalue weighted by atomic mass is 16.2. The SMILES string of the molecule is O=C(NC(=O)C1CCNCC1)c1ccc2n[nH]nc2c1. The van der Waals surface area contributed by atoms with E-state index in [1.54, 1.807) is 18.2 Å². The third kappa shape index (κ3) is 2.53. The van der Waals surface area contributed by atoms with Crippen LogP contribution in [0.3, 0.4) is 0 Å². The molecule has 20 heavy (non-hydrogen) atoms. The van der Waals surface area contributed by atoms with Gasteiger partial charge >= 0.3 is 0 Å². The lowest BCUT2D eigenvalue weighted by Gasteiger charge is -2.21. The van der Waals surface area contributed by atoms with E-state index in [1.807, 2.05) is 0 Å². The van der Waals surface area contributed by atoms with Crippen LogP contribution >= 0.6 is 0 Å². The summed E-state index contributed by atoms with van der Waals surface area (Å²) in [7, 11) is 0. The van der Waals surface area contributed by atoms with Gasteiger partial charge in [0.05, 0.1) is 0 Å². The molecule has 0 spiro atoms. The maximum atomic E-state index is 12.1. The standard InChI is InChI=1S/C13H15N5O2/c19-12(8-3-5-14-6-4-8)15-13(20)9-1-2-10-11(7-9)17-18-16-10/h1-2,7-8,14H,3-6H2,(H,15,19,20)(H,16,17,18). The van der Waals surface area contributed by atoms with Crippen LogP contribution in [0.1, 0.15) is 23.2 Å². The van der Waals surface area contributed by atoms with Crippen LogP contribution in [0, 0.1) is 5.92 Å². The van der Waals surface area contributed by atoms with E-state index in [0.717, 1.165) is 25.9 Å². The van der Waals surface area contributed by atoms with Crippen LogP contribution in [-0.4, -0.2) is 40.3 Å². The molecule has 0 unspecified atom stereocenters. The highest BCUT2D eigenvalue weighted by molar-refractivity contribution is 6.06. The quantitative estimate of drug-likeness (QED) is 0.679. The normalized spacial score (nSPS) is 16.2. The number of aromatic nitrogens is 3. The van der Waals surface area contributed by atoms with Crippen LogP contribution in [0.25, 0.3) is 11.0 Å². The van der Waals surface area contributed by atoms with E-state index in [9.17, 15) is 9.59 Å². The molecule has 2 heterocycles. The van der Waals surface area contributed by atoms with Crippen molar-refractivity contribution in [3.63, 3.8) is 0 Å². The van der Waals surface area contributed by atoms with Crippen LogP contribution < -0.4 is 10.6 Å². The number of hydrogen-bond acceptors (Lipinski definition) is 5. The largest absolute Gasteiger partial charge is 0.317 e. The Bertz CT molecular complexity index is 645. The molecule has 1 aromatic heterocycles. The topological polar surface area (TPSA) is 99.8 Å². The monoisotopic (exact) mass is 273 g/mol. The minimum absolute atomic E-state index is 0.0871. The van der Waals surface area contributed by atoms with E-state index in [2.05, 4.69) is 26.0 Å². The fraction of sp³-hybridized carbons (Fsp3) is 0.385. The molecule has 7 heteroatoms. The zero-order valence-electron chi connectivity index (χ0n) is 10.8. The summed E-state index contributed by atoms with van der Waals surface area (Å²) in [5.41, 5.74) is 1.70. The zero-order valence-corrected chi connectivity index (χ0v) is 10.8. The average Bonchev–Trinajstić information content (AvgIpc) is 2.95. The average molecular weight is 273 g/mol. The number of benzene rings is 1. The lowest BCUT2D eigenvalue weighted by Crippen LogP contribution is -2.40. The zero-order chi connectivity index (χ0) is 13.9. The Hall–Kier alpha value is -2.28. The number of imide groups is 1. The first-order valence-corrected chi connectivity index (χ1v) is 6.60. The number of piperidine rings is 1. The molecular formula is C13H15N5O2. The van der Waals surface area contributed by atoms with Gasteiger partial charge in [0.1, 0.15) is 11.0 Å². The van der Waals surface area contributed by atoms with Gasteiger partial charge < -0.3 is 5.32 Å². The molecule has 1 aliphatic rings. The molecule has 0 radical (unpaired) electrons. The minimum atomic E-state index is -0.390. The van der Waals surface area contributed by atoms with Crippen LogP contribution in [0.15, 0.2) is 18.2 Å². The van der Waals surface area contributed by atoms with Crippen molar-refractivity contribution in [2.75, 3.05) is 13.1 Å². The Kier molecular flexibility index (Phi) is 3.42. The van der Waals surface area contributed by atoms with Gasteiger partial charge in [-0.25, -0.2) is 0 Å². The number of amides is 2. The summed E-state index contributed by atoms with van der Waals surface area (Å²) in [6.45, 7) is 1.63. The Balaban J connectivity index is 1.70. The van der Waals surface area contributed by atoms with Crippen molar-refractivity contribution in [1.82, 2.24) is 26.0 Å². The third-order valence-electron chi connectivity index (χ3n) is 3.53. The lowest BCUT2D eigenvalue weighted by molar-refractivity contribution is -0.124. The molecule has 1 aromatic carbocycles. The minimum Gasteiger partial charge on any atom is -0.317 e. The molecule has 0 saturated carbocycles. The number of carbonyl (C=O) groups excluding carboxylic acids is 2. The number of rotatable bonds is 2. The van der Waals surface area contributed by atoms with E-state index in [0.29, 0.717) is 16.6 Å². The molecule has 1 aliphatic heterocycles. The Labute approximate surface area is 115 Å². The second kappa shape index (κ2) is 5.38. The van der Waals surface area contributed by atoms with Crippen molar-refractivity contribution in [2.45, 2.75) is 12.8 Å². The van der Waals surface area contributed by atoms with Crippen molar-refractivity contribution in [2.24, 2.45) is 5.92 Å². The second-order valence-corrected chi connectivity index (χ2v) is 4.87. The van der Waals surface area contributed by atoms with Crippen molar-refractivity contribution in [3.8, 4) is 0 Å². The molecule has 1 saturated heterocycles. The first kappa shape index (κ1) is 12.7. The molecule has 0 aliphatic carbocycles. The fourth-order valence-electron chi connectivity index (χ4n) is 2.35. The van der Waals surface area contributed by atoms with Gasteiger partial charge in [-0.2, -0.15) is 15.4 Å². The van der Waals surface area contributed by atoms with Gasteiger partial charge in [-0.1, -0.05) is 0 Å². The molecule has 2 amide bonds. The van der Waals surface area contributed by atoms with Crippen LogP contribution in [0.2, 0.25) is 0 Å². The number of nitrogens with one attached hydrogen (secondary N) is 3. The van der Waals surface area contributed by atoms with Gasteiger partial charge in [0.25, 0.3) is 5.91 Å². The number of carbonyl (C=O) groups is 2. The Morgan fingerprint density at radius 3 is 2.70 bits per heavy atom. The summed E-state index contributed by atoms with van der Waals surface area (Å²) in [4.78, 5) is 24.1. The summed E-state index contributed by atoms with van der Waals surface area (Å²) >= 11 is 0. The molecule has 104 valence electrons. The molecule has 2 aromatic rings. The molecule has 7 nitrogen and oxygen atoms in total. The van der Waals surface area contributed by atoms with Gasteiger partial charge in [0.2, 0.25) is 5.91 Å². The van der Waals surface area contributed by atoms with Crippen molar-refractivity contribution in [1.29, 1.82) is 0 Å². The second-order valence-electron chi connectivity index (χ2n) is 4.87. The first-order valence-electron chi connectivity index (χ1n) is 6.60. The lowest BCUT2D eigenvalue weighted by atomic mass is 9.97. The van der Waals surface area contributed by atoms with E-state index in [-0.39, 0.29) is 11.8 Å². The van der Waals surface area contributed by atoms with Crippen LogP contribution in [-0.2, 0) is 4.79 Å². The van der Waals surface area contributed by atoms with Crippen molar-refractivity contribution in [3.05, 3.63) is 23.8 Å². The van der Waals surface area contributed by atoms with Crippen LogP contribution in [0.5, 0.6) is 0 Å². The summed E-state index contributed by atoms with van der Waals surface area (Å²) in [5, 5.41) is 16.0. The van der Waals surface area contributed by atoms with Crippen molar-refractivity contribution >= 4 is 22.8 Å². The summed E-state index contributed by atoms with van der Waals surface area (Å²) < 4.78 is 0. The molecular weight excluding hydrogens is 258 g/mol. The van der Waals surface area contributed by atoms with E-state index >= 15 is 0 Å². The van der Waals surface area contributed by atoms with E-state index in [1.165, 1.54) is 0 Å². The number of nitrogens with zero attached hydrogens (tertiary/aromatic N) is 2. The maximum absolute atomic E-state index is 12.1. The smallest absolute Gasteiger partial charge is 0.257 e. The number of fused-ring (bicyclic) bond motifs is 1. The van der Waals surface area contributed by atoms with Gasteiger partial charge in [0.15, 0.2) is 0 Å². The molecule has 3 rings (SSSR count). The van der Waals surface area contributed by atoms with Crippen molar-refractivity contribution < 1.29 is 9.59 Å². The number of H-pyrrole nitrogens is 1. The van der Waals surface area contributed by atoms with E-state index < -0.39 is 5.91 Å². The van der Waals surface area contributed by atoms with E-state index in [4.69, 9.17) is 0 Å². The Morgan fingerprint density at radius 1 is 1.15 bits per heavy atom. The van der Waals surface area contributed by atoms with Crippen LogP contribution in [0.4, 0.5) is 0 Å².